The molecule has 5 nitrogen and oxygen atoms in total. The van der Waals surface area contributed by atoms with Crippen LogP contribution in [0.4, 0.5) is 0 Å². The summed E-state index contributed by atoms with van der Waals surface area (Å²) in [6, 6.07) is 0. The second kappa shape index (κ2) is 5.50. The van der Waals surface area contributed by atoms with E-state index in [1.807, 2.05) is 17.0 Å². The molecule has 0 amide bonds. The minimum absolute atomic E-state index is 0.773. The van der Waals surface area contributed by atoms with Gasteiger partial charge in [0, 0.05) is 40.3 Å². The van der Waals surface area contributed by atoms with E-state index in [9.17, 15) is 0 Å². The van der Waals surface area contributed by atoms with E-state index >= 15 is 0 Å². The lowest BCUT2D eigenvalue weighted by molar-refractivity contribution is 0.0669. The first-order valence-corrected chi connectivity index (χ1v) is 6.74. The van der Waals surface area contributed by atoms with E-state index in [2.05, 4.69) is 11.8 Å². The van der Waals surface area contributed by atoms with E-state index in [-0.39, 0.29) is 0 Å². The van der Waals surface area contributed by atoms with E-state index in [0.717, 1.165) is 19.6 Å². The van der Waals surface area contributed by atoms with Crippen LogP contribution in [0.25, 0.3) is 0 Å². The molecular weight excluding hydrogens is 212 g/mol. The fourth-order valence-corrected chi connectivity index (χ4v) is 3.48. The highest BCUT2D eigenvalue weighted by molar-refractivity contribution is 6.57. The molecule has 1 aliphatic rings. The molecule has 0 aromatic heterocycles. The summed E-state index contributed by atoms with van der Waals surface area (Å²) >= 11 is 0. The van der Waals surface area contributed by atoms with Crippen molar-refractivity contribution in [3.8, 4) is 0 Å². The van der Waals surface area contributed by atoms with E-state index in [0.29, 0.717) is 0 Å². The molecule has 0 saturated carbocycles. The van der Waals surface area contributed by atoms with Crippen molar-refractivity contribution >= 4 is 8.97 Å². The third-order valence-corrected chi connectivity index (χ3v) is 4.97. The van der Waals surface area contributed by atoms with Crippen LogP contribution < -0.4 is 0 Å². The van der Waals surface area contributed by atoms with Crippen LogP contribution in [-0.2, 0) is 13.3 Å². The van der Waals surface area contributed by atoms with E-state index in [1.165, 1.54) is 0 Å². The largest absolute Gasteiger partial charge is 0.633 e. The van der Waals surface area contributed by atoms with Crippen molar-refractivity contribution < 1.29 is 13.3 Å². The van der Waals surface area contributed by atoms with Gasteiger partial charge in [0.25, 0.3) is 0 Å². The maximum Gasteiger partial charge on any atom is 0.633 e. The van der Waals surface area contributed by atoms with Gasteiger partial charge in [0.2, 0.25) is 0 Å². The summed E-state index contributed by atoms with van der Waals surface area (Å²) in [4.78, 5) is 2.21. The van der Waals surface area contributed by atoms with Crippen molar-refractivity contribution in [1.82, 2.24) is 9.47 Å². The van der Waals surface area contributed by atoms with E-state index in [1.54, 1.807) is 21.3 Å². The fraction of sp³-hybridized carbons (Fsp3) is 0.778. The van der Waals surface area contributed by atoms with Crippen molar-refractivity contribution in [3.63, 3.8) is 0 Å². The standard InChI is InChI=1S/C9H20N2O3Si/c1-5-6-10-7-8-11(9-10)15(12-2,13-3)14-4/h7-8H,5-6,9H2,1-4H3. The maximum absolute atomic E-state index is 5.39. The average Bonchev–Trinajstić information content (AvgIpc) is 2.71. The van der Waals surface area contributed by atoms with Crippen LogP contribution >= 0.6 is 0 Å². The summed E-state index contributed by atoms with van der Waals surface area (Å²) < 4.78 is 18.2. The molecule has 1 heterocycles. The van der Waals surface area contributed by atoms with Gasteiger partial charge in [-0.15, -0.1) is 0 Å². The van der Waals surface area contributed by atoms with Gasteiger partial charge in [-0.1, -0.05) is 6.92 Å². The fourth-order valence-electron chi connectivity index (χ4n) is 1.68. The zero-order chi connectivity index (χ0) is 11.3. The Morgan fingerprint density at radius 2 is 1.73 bits per heavy atom. The van der Waals surface area contributed by atoms with Gasteiger partial charge in [0.15, 0.2) is 0 Å². The van der Waals surface area contributed by atoms with Gasteiger partial charge in [-0.05, 0) is 6.42 Å². The summed E-state index contributed by atoms with van der Waals surface area (Å²) in [5.74, 6) is 0. The third-order valence-electron chi connectivity index (χ3n) is 2.43. The van der Waals surface area contributed by atoms with Crippen molar-refractivity contribution in [3.05, 3.63) is 12.4 Å². The van der Waals surface area contributed by atoms with Crippen molar-refractivity contribution in [2.75, 3.05) is 34.5 Å². The summed E-state index contributed by atoms with van der Waals surface area (Å²) in [7, 11) is 2.21. The van der Waals surface area contributed by atoms with Gasteiger partial charge in [-0.3, -0.25) is 0 Å². The maximum atomic E-state index is 5.39. The van der Waals surface area contributed by atoms with E-state index in [4.69, 9.17) is 13.3 Å². The van der Waals surface area contributed by atoms with Gasteiger partial charge >= 0.3 is 8.97 Å². The zero-order valence-electron chi connectivity index (χ0n) is 9.90. The summed E-state index contributed by atoms with van der Waals surface area (Å²) in [6.07, 6.45) is 5.14. The lowest BCUT2D eigenvalue weighted by Gasteiger charge is -2.33. The predicted molar refractivity (Wildman–Crippen MR) is 59.6 cm³/mol. The zero-order valence-corrected chi connectivity index (χ0v) is 10.9. The van der Waals surface area contributed by atoms with Gasteiger partial charge in [0.1, 0.15) is 0 Å². The van der Waals surface area contributed by atoms with Gasteiger partial charge in [0.05, 0.1) is 6.67 Å². The van der Waals surface area contributed by atoms with Gasteiger partial charge in [-0.2, -0.15) is 0 Å². The number of rotatable bonds is 6. The lowest BCUT2D eigenvalue weighted by Crippen LogP contribution is -2.57. The van der Waals surface area contributed by atoms with Crippen molar-refractivity contribution in [1.29, 1.82) is 0 Å². The topological polar surface area (TPSA) is 34.2 Å². The average molecular weight is 232 g/mol. The smallest absolute Gasteiger partial charge is 0.360 e. The second-order valence-electron chi connectivity index (χ2n) is 3.36. The van der Waals surface area contributed by atoms with E-state index < -0.39 is 8.97 Å². The highest BCUT2D eigenvalue weighted by Gasteiger charge is 2.47. The first-order chi connectivity index (χ1) is 7.22. The molecule has 0 unspecified atom stereocenters. The van der Waals surface area contributed by atoms with Crippen LogP contribution in [0.15, 0.2) is 12.4 Å². The molecule has 15 heavy (non-hydrogen) atoms. The Bertz CT molecular complexity index is 213. The Morgan fingerprint density at radius 1 is 1.13 bits per heavy atom. The Hall–Kier alpha value is -0.563. The first kappa shape index (κ1) is 12.5. The highest BCUT2D eigenvalue weighted by Crippen LogP contribution is 2.18. The molecule has 0 aromatic rings. The molecule has 0 saturated heterocycles. The summed E-state index contributed by atoms with van der Waals surface area (Å²) in [6.45, 7) is 3.97. The van der Waals surface area contributed by atoms with Crippen LogP contribution in [0.2, 0.25) is 0 Å². The monoisotopic (exact) mass is 232 g/mol. The Morgan fingerprint density at radius 3 is 2.20 bits per heavy atom. The number of hydrogen-bond donors (Lipinski definition) is 0. The third kappa shape index (κ3) is 2.51. The lowest BCUT2D eigenvalue weighted by atomic mass is 10.4. The summed E-state index contributed by atoms with van der Waals surface area (Å²) in [5, 5.41) is 0. The normalized spacial score (nSPS) is 16.5. The van der Waals surface area contributed by atoms with Crippen LogP contribution in [0, 0.1) is 0 Å². The quantitative estimate of drug-likeness (QED) is 0.633. The molecule has 0 radical (unpaired) electrons. The molecule has 0 fully saturated rings. The minimum atomic E-state index is -2.65. The molecule has 1 rings (SSSR count). The summed E-state index contributed by atoms with van der Waals surface area (Å²) in [5.41, 5.74) is 0. The molecule has 0 N–H and O–H groups in total. The van der Waals surface area contributed by atoms with Crippen LogP contribution in [0.1, 0.15) is 13.3 Å². The van der Waals surface area contributed by atoms with Crippen LogP contribution in [0.5, 0.6) is 0 Å². The molecular formula is C9H20N2O3Si. The van der Waals surface area contributed by atoms with Crippen LogP contribution in [-0.4, -0.2) is 53.0 Å². The second-order valence-corrected chi connectivity index (χ2v) is 6.20. The molecule has 88 valence electrons. The molecule has 0 spiro atoms. The van der Waals surface area contributed by atoms with Gasteiger partial charge in [-0.25, -0.2) is 0 Å². The molecule has 0 aliphatic carbocycles. The molecule has 1 aliphatic heterocycles. The minimum Gasteiger partial charge on any atom is -0.360 e. The number of hydrogen-bond acceptors (Lipinski definition) is 5. The molecule has 6 heteroatoms. The molecule has 0 aromatic carbocycles. The highest BCUT2D eigenvalue weighted by atomic mass is 28.4. The Labute approximate surface area is 92.7 Å². The SMILES string of the molecule is CCCN1C=CN([Si](OC)(OC)OC)C1. The van der Waals surface area contributed by atoms with Crippen LogP contribution in [0.3, 0.4) is 0 Å². The van der Waals surface area contributed by atoms with Gasteiger partial charge < -0.3 is 22.7 Å². The first-order valence-electron chi connectivity index (χ1n) is 5.07. The molecule has 0 bridgehead atoms. The Kier molecular flexibility index (Phi) is 4.59. The van der Waals surface area contributed by atoms with Crippen molar-refractivity contribution in [2.24, 2.45) is 0 Å². The molecule has 0 atom stereocenters. The number of nitrogens with zero attached hydrogens (tertiary/aromatic N) is 2. The Balaban J connectivity index is 2.61. The predicted octanol–water partition coefficient (Wildman–Crippen LogP) is 0.817. The van der Waals surface area contributed by atoms with Crippen molar-refractivity contribution in [2.45, 2.75) is 13.3 Å².